The molecule has 2 rings (SSSR count). The Morgan fingerprint density at radius 1 is 1.29 bits per heavy atom. The van der Waals surface area contributed by atoms with Crippen molar-refractivity contribution in [2.45, 2.75) is 4.90 Å². The van der Waals surface area contributed by atoms with Gasteiger partial charge in [0, 0.05) is 16.3 Å². The van der Waals surface area contributed by atoms with E-state index in [4.69, 9.17) is 11.5 Å². The number of hydrogen-bond acceptors (Lipinski definition) is 7. The molecule has 0 aliphatic heterocycles. The van der Waals surface area contributed by atoms with Crippen molar-refractivity contribution in [3.8, 4) is 17.3 Å². The van der Waals surface area contributed by atoms with E-state index in [1.54, 1.807) is 6.07 Å². The van der Waals surface area contributed by atoms with Gasteiger partial charge < -0.3 is 11.5 Å². The zero-order valence-electron chi connectivity index (χ0n) is 10.8. The van der Waals surface area contributed by atoms with Gasteiger partial charge in [-0.1, -0.05) is 22.0 Å². The lowest BCUT2D eigenvalue weighted by Gasteiger charge is -2.11. The number of nitrogen functional groups attached to an aromatic ring is 2. The van der Waals surface area contributed by atoms with Crippen molar-refractivity contribution in [3.05, 3.63) is 28.2 Å². The highest BCUT2D eigenvalue weighted by molar-refractivity contribution is 9.10. The first-order valence-corrected chi connectivity index (χ1v) is 8.25. The van der Waals surface area contributed by atoms with Gasteiger partial charge in [-0.2, -0.15) is 10.2 Å². The summed E-state index contributed by atoms with van der Waals surface area (Å²) in [7, 11) is -3.54. The number of rotatable bonds is 2. The minimum Gasteiger partial charge on any atom is -0.382 e. The molecular formula is C12H10BrN5O2S. The molecule has 0 fully saturated rings. The summed E-state index contributed by atoms with van der Waals surface area (Å²) in [6.07, 6.45) is 1.07. The van der Waals surface area contributed by atoms with Crippen LogP contribution in [0.15, 0.2) is 27.6 Å². The molecule has 0 spiro atoms. The van der Waals surface area contributed by atoms with Crippen LogP contribution in [0.5, 0.6) is 0 Å². The number of aromatic nitrogens is 2. The van der Waals surface area contributed by atoms with E-state index >= 15 is 0 Å². The third kappa shape index (κ3) is 2.96. The summed E-state index contributed by atoms with van der Waals surface area (Å²) in [6, 6.07) is 6.47. The summed E-state index contributed by atoms with van der Waals surface area (Å²) in [4.78, 5) is 7.69. The zero-order valence-corrected chi connectivity index (χ0v) is 13.2. The van der Waals surface area contributed by atoms with Gasteiger partial charge in [0.25, 0.3) is 0 Å². The summed E-state index contributed by atoms with van der Waals surface area (Å²) in [5, 5.41) is 9.19. The Hall–Kier alpha value is -2.18. The van der Waals surface area contributed by atoms with Crippen LogP contribution in [-0.4, -0.2) is 24.6 Å². The molecule has 4 N–H and O–H groups in total. The van der Waals surface area contributed by atoms with Gasteiger partial charge in [0.1, 0.15) is 17.5 Å². The highest BCUT2D eigenvalue weighted by atomic mass is 79.9. The van der Waals surface area contributed by atoms with E-state index in [0.717, 1.165) is 6.26 Å². The molecule has 21 heavy (non-hydrogen) atoms. The van der Waals surface area contributed by atoms with E-state index < -0.39 is 9.84 Å². The van der Waals surface area contributed by atoms with Crippen LogP contribution in [0.25, 0.3) is 11.3 Å². The Labute approximate surface area is 129 Å². The van der Waals surface area contributed by atoms with Gasteiger partial charge in [0.2, 0.25) is 5.95 Å². The minimum absolute atomic E-state index is 0.0172. The molecule has 1 aromatic heterocycles. The lowest BCUT2D eigenvalue weighted by atomic mass is 10.1. The van der Waals surface area contributed by atoms with E-state index in [1.165, 1.54) is 12.1 Å². The number of nitrogens with zero attached hydrogens (tertiary/aromatic N) is 3. The van der Waals surface area contributed by atoms with Gasteiger partial charge in [-0.15, -0.1) is 0 Å². The van der Waals surface area contributed by atoms with E-state index in [0.29, 0.717) is 4.47 Å². The van der Waals surface area contributed by atoms with Crippen molar-refractivity contribution in [1.29, 1.82) is 5.26 Å². The third-order valence-corrected chi connectivity index (χ3v) is 4.29. The fourth-order valence-electron chi connectivity index (χ4n) is 1.80. The molecular weight excluding hydrogens is 358 g/mol. The van der Waals surface area contributed by atoms with Crippen molar-refractivity contribution in [3.63, 3.8) is 0 Å². The van der Waals surface area contributed by atoms with Gasteiger partial charge >= 0.3 is 0 Å². The van der Waals surface area contributed by atoms with Crippen LogP contribution in [0.2, 0.25) is 0 Å². The van der Waals surface area contributed by atoms with Crippen LogP contribution in [0.3, 0.4) is 0 Å². The lowest BCUT2D eigenvalue weighted by Crippen LogP contribution is -2.07. The molecule has 0 aliphatic carbocycles. The Kier molecular flexibility index (Phi) is 3.85. The summed E-state index contributed by atoms with van der Waals surface area (Å²) in [5.74, 6) is -0.230. The average Bonchev–Trinajstić information content (AvgIpc) is 2.36. The fraction of sp³-hybridized carbons (Fsp3) is 0.0833. The molecule has 0 aliphatic rings. The molecule has 0 amide bonds. The Balaban J connectivity index is 2.90. The first-order valence-electron chi connectivity index (χ1n) is 5.57. The molecule has 7 nitrogen and oxygen atoms in total. The maximum atomic E-state index is 11.9. The van der Waals surface area contributed by atoms with Crippen LogP contribution in [0.4, 0.5) is 11.8 Å². The van der Waals surface area contributed by atoms with E-state index in [-0.39, 0.29) is 33.5 Å². The standard InChI is InChI=1S/C12H10BrN5O2S/c1-21(19,20)9-4-6(13)2-3-7(9)10-8(5-14)11(15)18-12(16)17-10/h2-4H,1H3,(H4,15,16,17,18). The second kappa shape index (κ2) is 5.31. The number of halogens is 1. The van der Waals surface area contributed by atoms with E-state index in [1.807, 2.05) is 6.07 Å². The van der Waals surface area contributed by atoms with Crippen molar-refractivity contribution >= 4 is 37.5 Å². The molecule has 0 saturated heterocycles. The molecule has 0 radical (unpaired) electrons. The maximum absolute atomic E-state index is 11.9. The van der Waals surface area contributed by atoms with Gasteiger partial charge in [-0.05, 0) is 12.1 Å². The normalized spacial score (nSPS) is 11.1. The average molecular weight is 368 g/mol. The SMILES string of the molecule is CS(=O)(=O)c1cc(Br)ccc1-c1nc(N)nc(N)c1C#N. The summed E-state index contributed by atoms with van der Waals surface area (Å²) in [5.41, 5.74) is 11.5. The van der Waals surface area contributed by atoms with Crippen molar-refractivity contribution in [2.75, 3.05) is 17.7 Å². The fourth-order valence-corrected chi connectivity index (χ4v) is 3.22. The first kappa shape index (κ1) is 15.2. The molecule has 0 unspecified atom stereocenters. The Bertz CT molecular complexity index is 874. The quantitative estimate of drug-likeness (QED) is 0.816. The van der Waals surface area contributed by atoms with Gasteiger partial charge in [0.15, 0.2) is 9.84 Å². The monoisotopic (exact) mass is 367 g/mol. The first-order chi connectivity index (χ1) is 9.74. The van der Waals surface area contributed by atoms with Crippen LogP contribution in [0, 0.1) is 11.3 Å². The summed E-state index contributed by atoms with van der Waals surface area (Å²) >= 11 is 3.21. The Morgan fingerprint density at radius 2 is 1.95 bits per heavy atom. The number of anilines is 2. The number of hydrogen-bond donors (Lipinski definition) is 2. The minimum atomic E-state index is -3.54. The maximum Gasteiger partial charge on any atom is 0.222 e. The topological polar surface area (TPSA) is 136 Å². The van der Waals surface area contributed by atoms with Crippen LogP contribution >= 0.6 is 15.9 Å². The Morgan fingerprint density at radius 3 is 2.52 bits per heavy atom. The predicted molar refractivity (Wildman–Crippen MR) is 81.8 cm³/mol. The number of nitrogens with two attached hydrogens (primary N) is 2. The molecule has 1 aromatic carbocycles. The molecule has 0 atom stereocenters. The van der Waals surface area contributed by atoms with Crippen LogP contribution in [-0.2, 0) is 9.84 Å². The van der Waals surface area contributed by atoms with Crippen molar-refractivity contribution in [1.82, 2.24) is 9.97 Å². The van der Waals surface area contributed by atoms with Crippen LogP contribution in [0.1, 0.15) is 5.56 Å². The highest BCUT2D eigenvalue weighted by Crippen LogP contribution is 2.32. The van der Waals surface area contributed by atoms with Crippen molar-refractivity contribution < 1.29 is 8.42 Å². The lowest BCUT2D eigenvalue weighted by molar-refractivity contribution is 0.602. The summed E-state index contributed by atoms with van der Waals surface area (Å²) < 4.78 is 24.5. The molecule has 1 heterocycles. The second-order valence-electron chi connectivity index (χ2n) is 4.22. The highest BCUT2D eigenvalue weighted by Gasteiger charge is 2.21. The number of nitriles is 1. The summed E-state index contributed by atoms with van der Waals surface area (Å²) in [6.45, 7) is 0. The molecule has 0 saturated carbocycles. The van der Waals surface area contributed by atoms with Gasteiger partial charge in [-0.25, -0.2) is 13.4 Å². The van der Waals surface area contributed by atoms with Gasteiger partial charge in [0.05, 0.1) is 10.6 Å². The van der Waals surface area contributed by atoms with Crippen molar-refractivity contribution in [2.24, 2.45) is 0 Å². The predicted octanol–water partition coefficient (Wildman–Crippen LogP) is 1.35. The van der Waals surface area contributed by atoms with E-state index in [2.05, 4.69) is 25.9 Å². The molecule has 9 heteroatoms. The molecule has 108 valence electrons. The van der Waals surface area contributed by atoms with Gasteiger partial charge in [-0.3, -0.25) is 0 Å². The van der Waals surface area contributed by atoms with Crippen LogP contribution < -0.4 is 11.5 Å². The molecule has 0 bridgehead atoms. The number of sulfone groups is 1. The second-order valence-corrected chi connectivity index (χ2v) is 7.11. The zero-order chi connectivity index (χ0) is 15.8. The smallest absolute Gasteiger partial charge is 0.222 e. The van der Waals surface area contributed by atoms with E-state index in [9.17, 15) is 13.7 Å². The largest absolute Gasteiger partial charge is 0.382 e. The molecule has 2 aromatic rings. The third-order valence-electron chi connectivity index (χ3n) is 2.66. The number of benzene rings is 1.